The molecule has 0 N–H and O–H groups in total. The van der Waals surface area contributed by atoms with E-state index in [4.69, 9.17) is 0 Å². The van der Waals surface area contributed by atoms with Gasteiger partial charge in [-0.05, 0) is 36.1 Å². The second kappa shape index (κ2) is 7.52. The number of amides is 1. The van der Waals surface area contributed by atoms with E-state index in [1.165, 1.54) is 16.8 Å². The molecule has 1 saturated heterocycles. The zero-order chi connectivity index (χ0) is 16.9. The number of carbonyl (C=O) groups is 1. The van der Waals surface area contributed by atoms with Crippen LogP contribution in [0, 0.1) is 6.92 Å². The van der Waals surface area contributed by atoms with Gasteiger partial charge in [-0.1, -0.05) is 49.4 Å². The van der Waals surface area contributed by atoms with E-state index in [1.807, 2.05) is 17.0 Å². The van der Waals surface area contributed by atoms with Gasteiger partial charge in [0.25, 0.3) is 0 Å². The molecule has 1 aliphatic heterocycles. The molecule has 3 nitrogen and oxygen atoms in total. The quantitative estimate of drug-likeness (QED) is 0.861. The summed E-state index contributed by atoms with van der Waals surface area (Å²) >= 11 is 0. The predicted octanol–water partition coefficient (Wildman–Crippen LogP) is 3.45. The highest BCUT2D eigenvalue weighted by Crippen LogP contribution is 2.22. The molecule has 126 valence electrons. The fraction of sp³-hybridized carbons (Fsp3) is 0.381. The van der Waals surface area contributed by atoms with Gasteiger partial charge in [-0.3, -0.25) is 4.79 Å². The van der Waals surface area contributed by atoms with E-state index in [0.29, 0.717) is 6.42 Å². The number of hydrogen-bond acceptors (Lipinski definition) is 2. The Morgan fingerprint density at radius 3 is 2.21 bits per heavy atom. The molecule has 0 bridgehead atoms. The molecule has 0 aliphatic carbocycles. The Kier molecular flexibility index (Phi) is 5.19. The largest absolute Gasteiger partial charge is 0.368 e. The molecule has 1 heterocycles. The summed E-state index contributed by atoms with van der Waals surface area (Å²) in [4.78, 5) is 17.0. The van der Waals surface area contributed by atoms with Gasteiger partial charge in [0.05, 0.1) is 6.42 Å². The van der Waals surface area contributed by atoms with Crippen molar-refractivity contribution in [3.63, 3.8) is 0 Å². The zero-order valence-electron chi connectivity index (χ0n) is 14.7. The van der Waals surface area contributed by atoms with E-state index in [0.717, 1.165) is 38.2 Å². The number of anilines is 1. The molecule has 0 aromatic heterocycles. The minimum atomic E-state index is 0.243. The third-order valence-electron chi connectivity index (χ3n) is 4.95. The van der Waals surface area contributed by atoms with Crippen LogP contribution in [0.1, 0.15) is 23.6 Å². The topological polar surface area (TPSA) is 23.6 Å². The fourth-order valence-electron chi connectivity index (χ4n) is 3.40. The predicted molar refractivity (Wildman–Crippen MR) is 99.5 cm³/mol. The fourth-order valence-corrected chi connectivity index (χ4v) is 3.40. The lowest BCUT2D eigenvalue weighted by atomic mass is 10.0. The van der Waals surface area contributed by atoms with Gasteiger partial charge < -0.3 is 9.80 Å². The van der Waals surface area contributed by atoms with E-state index >= 15 is 0 Å². The minimum Gasteiger partial charge on any atom is -0.368 e. The van der Waals surface area contributed by atoms with Gasteiger partial charge in [0.2, 0.25) is 5.91 Å². The summed E-state index contributed by atoms with van der Waals surface area (Å²) < 4.78 is 0. The summed E-state index contributed by atoms with van der Waals surface area (Å²) in [7, 11) is 0. The zero-order valence-corrected chi connectivity index (χ0v) is 14.7. The average molecular weight is 322 g/mol. The number of rotatable bonds is 4. The first kappa shape index (κ1) is 16.6. The Labute approximate surface area is 144 Å². The highest BCUT2D eigenvalue weighted by molar-refractivity contribution is 5.79. The van der Waals surface area contributed by atoms with Crippen molar-refractivity contribution in [3.8, 4) is 0 Å². The summed E-state index contributed by atoms with van der Waals surface area (Å²) in [6.07, 6.45) is 1.56. The molecule has 3 rings (SSSR count). The molecule has 2 aromatic rings. The molecule has 1 amide bonds. The van der Waals surface area contributed by atoms with Crippen LogP contribution in [0.5, 0.6) is 0 Å². The molecular formula is C21H26N2O. The van der Waals surface area contributed by atoms with Crippen LogP contribution in [0.3, 0.4) is 0 Å². The van der Waals surface area contributed by atoms with Gasteiger partial charge in [0.15, 0.2) is 0 Å². The Hall–Kier alpha value is -2.29. The van der Waals surface area contributed by atoms with E-state index in [1.54, 1.807) is 0 Å². The van der Waals surface area contributed by atoms with Crippen LogP contribution in [0.15, 0.2) is 48.5 Å². The maximum atomic E-state index is 12.6. The molecule has 2 aromatic carbocycles. The van der Waals surface area contributed by atoms with Gasteiger partial charge in [-0.25, -0.2) is 0 Å². The van der Waals surface area contributed by atoms with Crippen molar-refractivity contribution in [2.75, 3.05) is 31.1 Å². The van der Waals surface area contributed by atoms with Crippen molar-refractivity contribution in [1.82, 2.24) is 4.90 Å². The van der Waals surface area contributed by atoms with Crippen LogP contribution < -0.4 is 4.90 Å². The van der Waals surface area contributed by atoms with Crippen molar-refractivity contribution < 1.29 is 4.79 Å². The second-order valence-corrected chi connectivity index (χ2v) is 6.45. The monoisotopic (exact) mass is 322 g/mol. The maximum absolute atomic E-state index is 12.6. The van der Waals surface area contributed by atoms with Crippen LogP contribution in [0.4, 0.5) is 5.69 Å². The standard InChI is InChI=1S/C21H26N2O/c1-3-18-9-6-7-11-20(18)22-12-14-23(15-13-22)21(24)16-19-10-5-4-8-17(19)2/h4-11H,3,12-16H2,1-2H3. The Bertz CT molecular complexity index is 702. The molecular weight excluding hydrogens is 296 g/mol. The van der Waals surface area contributed by atoms with Gasteiger partial charge in [0.1, 0.15) is 0 Å². The van der Waals surface area contributed by atoms with Crippen molar-refractivity contribution in [2.24, 2.45) is 0 Å². The van der Waals surface area contributed by atoms with Gasteiger partial charge in [-0.15, -0.1) is 0 Å². The van der Waals surface area contributed by atoms with Crippen LogP contribution >= 0.6 is 0 Å². The van der Waals surface area contributed by atoms with Crippen molar-refractivity contribution in [2.45, 2.75) is 26.7 Å². The summed E-state index contributed by atoms with van der Waals surface area (Å²) in [5.41, 5.74) is 5.05. The molecule has 3 heteroatoms. The third-order valence-corrected chi connectivity index (χ3v) is 4.95. The number of carbonyl (C=O) groups excluding carboxylic acids is 1. The van der Waals surface area contributed by atoms with Crippen molar-refractivity contribution in [3.05, 3.63) is 65.2 Å². The number of nitrogens with zero attached hydrogens (tertiary/aromatic N) is 2. The molecule has 0 radical (unpaired) electrons. The Balaban J connectivity index is 1.61. The lowest BCUT2D eigenvalue weighted by Gasteiger charge is -2.37. The van der Waals surface area contributed by atoms with E-state index in [9.17, 15) is 4.79 Å². The normalized spacial score (nSPS) is 14.8. The lowest BCUT2D eigenvalue weighted by molar-refractivity contribution is -0.130. The second-order valence-electron chi connectivity index (χ2n) is 6.45. The number of hydrogen-bond donors (Lipinski definition) is 0. The Morgan fingerprint density at radius 1 is 0.917 bits per heavy atom. The summed E-state index contributed by atoms with van der Waals surface area (Å²) in [6.45, 7) is 7.71. The van der Waals surface area contributed by atoms with Gasteiger partial charge in [0, 0.05) is 31.9 Å². The molecule has 0 spiro atoms. The first-order valence-corrected chi connectivity index (χ1v) is 8.84. The maximum Gasteiger partial charge on any atom is 0.227 e. The number of aryl methyl sites for hydroxylation is 2. The molecule has 24 heavy (non-hydrogen) atoms. The third kappa shape index (κ3) is 3.61. The number of piperazine rings is 1. The van der Waals surface area contributed by atoms with Gasteiger partial charge >= 0.3 is 0 Å². The van der Waals surface area contributed by atoms with Crippen molar-refractivity contribution in [1.29, 1.82) is 0 Å². The molecule has 0 saturated carbocycles. The highest BCUT2D eigenvalue weighted by atomic mass is 16.2. The Morgan fingerprint density at radius 2 is 1.54 bits per heavy atom. The van der Waals surface area contributed by atoms with E-state index < -0.39 is 0 Å². The lowest BCUT2D eigenvalue weighted by Crippen LogP contribution is -2.49. The first-order valence-electron chi connectivity index (χ1n) is 8.84. The van der Waals surface area contributed by atoms with Crippen LogP contribution in [-0.2, 0) is 17.6 Å². The summed E-state index contributed by atoms with van der Waals surface area (Å²) in [6, 6.07) is 16.8. The smallest absolute Gasteiger partial charge is 0.227 e. The van der Waals surface area contributed by atoms with Crippen LogP contribution in [-0.4, -0.2) is 37.0 Å². The van der Waals surface area contributed by atoms with Crippen molar-refractivity contribution >= 4 is 11.6 Å². The van der Waals surface area contributed by atoms with E-state index in [-0.39, 0.29) is 5.91 Å². The highest BCUT2D eigenvalue weighted by Gasteiger charge is 2.22. The molecule has 1 aliphatic rings. The van der Waals surface area contributed by atoms with Gasteiger partial charge in [-0.2, -0.15) is 0 Å². The van der Waals surface area contributed by atoms with Crippen LogP contribution in [0.2, 0.25) is 0 Å². The summed E-state index contributed by atoms with van der Waals surface area (Å²) in [5.74, 6) is 0.243. The SMILES string of the molecule is CCc1ccccc1N1CCN(C(=O)Cc2ccccc2C)CC1. The number of para-hydroxylation sites is 1. The summed E-state index contributed by atoms with van der Waals surface area (Å²) in [5, 5.41) is 0. The molecule has 1 fully saturated rings. The van der Waals surface area contributed by atoms with E-state index in [2.05, 4.69) is 55.1 Å². The number of benzene rings is 2. The van der Waals surface area contributed by atoms with Crippen LogP contribution in [0.25, 0.3) is 0 Å². The minimum absolute atomic E-state index is 0.243. The average Bonchev–Trinajstić information content (AvgIpc) is 2.63. The molecule has 0 atom stereocenters. The molecule has 0 unspecified atom stereocenters. The first-order chi connectivity index (χ1) is 11.7.